The van der Waals surface area contributed by atoms with E-state index in [4.69, 9.17) is 4.74 Å². The van der Waals surface area contributed by atoms with Crippen LogP contribution in [-0.4, -0.2) is 60.3 Å². The number of aryl methyl sites for hydroxylation is 1. The summed E-state index contributed by atoms with van der Waals surface area (Å²) >= 11 is 0. The molecule has 1 aromatic heterocycles. The summed E-state index contributed by atoms with van der Waals surface area (Å²) in [6.07, 6.45) is 1.86. The number of ether oxygens (including phenoxy) is 1. The fourth-order valence-electron chi connectivity index (χ4n) is 3.63. The quantitative estimate of drug-likeness (QED) is 0.702. The molecule has 0 spiro atoms. The van der Waals surface area contributed by atoms with Gasteiger partial charge in [0.2, 0.25) is 10.0 Å². The standard InChI is InChI=1S/C16H26N4O5S/c1-10(2)13-7-20-6-11(5-12(20)9-25-13)17-26(23,24)14-8-18(3)16(22)19(4)15(14)21/h8,10-13,17H,5-7,9H2,1-4H3/t11-,12+,13+/m1/s1. The lowest BCUT2D eigenvalue weighted by Gasteiger charge is -2.36. The van der Waals surface area contributed by atoms with Crippen molar-refractivity contribution < 1.29 is 13.2 Å². The maximum Gasteiger partial charge on any atom is 0.330 e. The molecule has 146 valence electrons. The molecule has 26 heavy (non-hydrogen) atoms. The largest absolute Gasteiger partial charge is 0.375 e. The second-order valence-electron chi connectivity index (χ2n) is 7.53. The van der Waals surface area contributed by atoms with Gasteiger partial charge in [-0.15, -0.1) is 0 Å². The Balaban J connectivity index is 1.78. The Kier molecular flexibility index (Phi) is 5.13. The van der Waals surface area contributed by atoms with Gasteiger partial charge in [0.25, 0.3) is 5.56 Å². The van der Waals surface area contributed by atoms with Gasteiger partial charge in [0.1, 0.15) is 0 Å². The molecule has 1 N–H and O–H groups in total. The monoisotopic (exact) mass is 386 g/mol. The molecule has 2 aliphatic rings. The van der Waals surface area contributed by atoms with Crippen LogP contribution in [-0.2, 0) is 28.9 Å². The molecule has 0 amide bonds. The van der Waals surface area contributed by atoms with E-state index in [-0.39, 0.29) is 18.2 Å². The smallest absolute Gasteiger partial charge is 0.330 e. The lowest BCUT2D eigenvalue weighted by Crippen LogP contribution is -2.48. The molecule has 0 aromatic carbocycles. The Morgan fingerprint density at radius 2 is 1.92 bits per heavy atom. The van der Waals surface area contributed by atoms with Gasteiger partial charge in [-0.2, -0.15) is 0 Å². The number of hydrogen-bond donors (Lipinski definition) is 1. The maximum absolute atomic E-state index is 12.7. The maximum atomic E-state index is 12.7. The van der Waals surface area contributed by atoms with Crippen LogP contribution in [0.1, 0.15) is 20.3 Å². The van der Waals surface area contributed by atoms with Crippen molar-refractivity contribution in [2.24, 2.45) is 20.0 Å². The summed E-state index contributed by atoms with van der Waals surface area (Å²) in [7, 11) is -1.34. The van der Waals surface area contributed by atoms with Crippen LogP contribution in [0, 0.1) is 5.92 Å². The molecule has 9 nitrogen and oxygen atoms in total. The second kappa shape index (κ2) is 6.91. The number of nitrogens with zero attached hydrogens (tertiary/aromatic N) is 3. The summed E-state index contributed by atoms with van der Waals surface area (Å²) in [5.41, 5.74) is -1.39. The Morgan fingerprint density at radius 3 is 2.58 bits per heavy atom. The predicted molar refractivity (Wildman–Crippen MR) is 95.6 cm³/mol. The molecule has 0 unspecified atom stereocenters. The summed E-state index contributed by atoms with van der Waals surface area (Å²) < 4.78 is 35.8. The van der Waals surface area contributed by atoms with E-state index < -0.39 is 26.2 Å². The lowest BCUT2D eigenvalue weighted by atomic mass is 10.0. The number of sulfonamides is 1. The first-order valence-corrected chi connectivity index (χ1v) is 10.2. The molecular weight excluding hydrogens is 360 g/mol. The van der Waals surface area contributed by atoms with Gasteiger partial charge in [-0.3, -0.25) is 14.3 Å². The molecule has 0 bridgehead atoms. The third-order valence-electron chi connectivity index (χ3n) is 5.21. The number of fused-ring (bicyclic) bond motifs is 1. The van der Waals surface area contributed by atoms with Crippen LogP contribution in [0.25, 0.3) is 0 Å². The minimum absolute atomic E-state index is 0.151. The van der Waals surface area contributed by atoms with Crippen molar-refractivity contribution in [3.05, 3.63) is 27.0 Å². The fourth-order valence-corrected chi connectivity index (χ4v) is 5.03. The minimum atomic E-state index is -4.02. The summed E-state index contributed by atoms with van der Waals surface area (Å²) in [6, 6.07) is -0.109. The highest BCUT2D eigenvalue weighted by Crippen LogP contribution is 2.26. The molecule has 2 aliphatic heterocycles. The van der Waals surface area contributed by atoms with Gasteiger partial charge < -0.3 is 9.30 Å². The highest BCUT2D eigenvalue weighted by atomic mass is 32.2. The van der Waals surface area contributed by atoms with Crippen molar-refractivity contribution in [2.45, 2.75) is 43.4 Å². The predicted octanol–water partition coefficient (Wildman–Crippen LogP) is -1.14. The molecule has 3 atom stereocenters. The van der Waals surface area contributed by atoms with Crippen LogP contribution in [0.15, 0.2) is 20.7 Å². The van der Waals surface area contributed by atoms with E-state index >= 15 is 0 Å². The Bertz CT molecular complexity index is 904. The molecule has 0 aliphatic carbocycles. The summed E-state index contributed by atoms with van der Waals surface area (Å²) in [5, 5.41) is 0. The van der Waals surface area contributed by atoms with E-state index in [9.17, 15) is 18.0 Å². The number of morpholine rings is 1. The van der Waals surface area contributed by atoms with Crippen LogP contribution in [0.2, 0.25) is 0 Å². The topological polar surface area (TPSA) is 103 Å². The van der Waals surface area contributed by atoms with Gasteiger partial charge in [-0.05, 0) is 12.3 Å². The zero-order chi connectivity index (χ0) is 19.2. The molecule has 1 aromatic rings. The first-order valence-electron chi connectivity index (χ1n) is 8.74. The molecule has 10 heteroatoms. The average molecular weight is 386 g/mol. The Morgan fingerprint density at radius 1 is 1.23 bits per heavy atom. The van der Waals surface area contributed by atoms with E-state index in [0.29, 0.717) is 25.5 Å². The van der Waals surface area contributed by atoms with Gasteiger partial charge in [0.05, 0.1) is 12.7 Å². The van der Waals surface area contributed by atoms with Crippen molar-refractivity contribution in [2.75, 3.05) is 19.7 Å². The highest BCUT2D eigenvalue weighted by molar-refractivity contribution is 7.89. The SMILES string of the molecule is CC(C)[C@@H]1CN2C[C@H](NS(=O)(=O)c3cn(C)c(=O)n(C)c3=O)C[C@H]2CO1. The van der Waals surface area contributed by atoms with Crippen molar-refractivity contribution >= 4 is 10.0 Å². The summed E-state index contributed by atoms with van der Waals surface area (Å²) in [6.45, 7) is 6.17. The van der Waals surface area contributed by atoms with Gasteiger partial charge in [0.15, 0.2) is 4.90 Å². The zero-order valence-electron chi connectivity index (χ0n) is 15.5. The second-order valence-corrected chi connectivity index (χ2v) is 9.21. The van der Waals surface area contributed by atoms with E-state index in [1.807, 2.05) is 0 Å². The highest BCUT2D eigenvalue weighted by Gasteiger charge is 2.40. The molecular formula is C16H26N4O5S. The molecule has 2 saturated heterocycles. The number of rotatable bonds is 4. The van der Waals surface area contributed by atoms with Crippen molar-refractivity contribution in [1.82, 2.24) is 18.8 Å². The van der Waals surface area contributed by atoms with Crippen LogP contribution in [0.3, 0.4) is 0 Å². The first kappa shape index (κ1) is 19.3. The van der Waals surface area contributed by atoms with Gasteiger partial charge in [-0.1, -0.05) is 13.8 Å². The fraction of sp³-hybridized carbons (Fsp3) is 0.750. The molecule has 3 heterocycles. The van der Waals surface area contributed by atoms with Gasteiger partial charge >= 0.3 is 5.69 Å². The number of hydrogen-bond acceptors (Lipinski definition) is 6. The Hall–Kier alpha value is -1.49. The lowest BCUT2D eigenvalue weighted by molar-refractivity contribution is -0.0683. The minimum Gasteiger partial charge on any atom is -0.375 e. The molecule has 3 rings (SSSR count). The van der Waals surface area contributed by atoms with Crippen LogP contribution >= 0.6 is 0 Å². The van der Waals surface area contributed by atoms with E-state index in [1.165, 1.54) is 14.1 Å². The van der Waals surface area contributed by atoms with E-state index in [2.05, 4.69) is 23.5 Å². The van der Waals surface area contributed by atoms with Crippen LogP contribution < -0.4 is 16.0 Å². The first-order chi connectivity index (χ1) is 12.1. The third-order valence-corrected chi connectivity index (χ3v) is 6.72. The normalized spacial score (nSPS) is 27.0. The Labute approximate surface area is 152 Å². The van der Waals surface area contributed by atoms with Gasteiger partial charge in [0, 0.05) is 45.5 Å². The van der Waals surface area contributed by atoms with Crippen molar-refractivity contribution in [3.8, 4) is 0 Å². The molecule has 0 saturated carbocycles. The van der Waals surface area contributed by atoms with E-state index in [0.717, 1.165) is 21.9 Å². The van der Waals surface area contributed by atoms with Gasteiger partial charge in [-0.25, -0.2) is 17.9 Å². The number of nitrogens with one attached hydrogen (secondary N) is 1. The number of aromatic nitrogens is 2. The average Bonchev–Trinajstić information content (AvgIpc) is 2.96. The van der Waals surface area contributed by atoms with Crippen LogP contribution in [0.5, 0.6) is 0 Å². The van der Waals surface area contributed by atoms with E-state index in [1.54, 1.807) is 0 Å². The zero-order valence-corrected chi connectivity index (χ0v) is 16.3. The summed E-state index contributed by atoms with van der Waals surface area (Å²) in [5.74, 6) is 0.403. The molecule has 2 fully saturated rings. The van der Waals surface area contributed by atoms with Crippen molar-refractivity contribution in [3.63, 3.8) is 0 Å². The van der Waals surface area contributed by atoms with Crippen molar-refractivity contribution in [1.29, 1.82) is 0 Å². The molecule has 0 radical (unpaired) electrons. The van der Waals surface area contributed by atoms with Crippen LogP contribution in [0.4, 0.5) is 0 Å². The third kappa shape index (κ3) is 3.51. The summed E-state index contributed by atoms with van der Waals surface area (Å²) in [4.78, 5) is 25.8.